The molecule has 0 spiro atoms. The Morgan fingerprint density at radius 3 is 2.30 bits per heavy atom. The van der Waals surface area contributed by atoms with Crippen LogP contribution in [-0.2, 0) is 0 Å². The summed E-state index contributed by atoms with van der Waals surface area (Å²) in [5.74, 6) is 0. The lowest BCUT2D eigenvalue weighted by atomic mass is 9.96. The number of benzene rings is 2. The standard InChI is InChI=1S/C18H21BN4/c1-14-4-3-5-18(15(14)2)22-10-12-23(13-11-22)21-20-17-8-6-16(19)7-9-17/h3-9H,10-13H2,1-2H3. The maximum atomic E-state index is 5.67. The molecule has 1 aliphatic heterocycles. The predicted octanol–water partition coefficient (Wildman–Crippen LogP) is 2.92. The molecule has 2 radical (unpaired) electrons. The molecule has 2 aromatic carbocycles. The highest BCUT2D eigenvalue weighted by atomic mass is 15.6. The van der Waals surface area contributed by atoms with E-state index in [2.05, 4.69) is 47.3 Å². The molecular weight excluding hydrogens is 283 g/mol. The van der Waals surface area contributed by atoms with Crippen LogP contribution in [0.1, 0.15) is 11.1 Å². The van der Waals surface area contributed by atoms with Crippen LogP contribution < -0.4 is 10.4 Å². The lowest BCUT2D eigenvalue weighted by molar-refractivity contribution is 0.254. The van der Waals surface area contributed by atoms with Crippen LogP contribution in [0.5, 0.6) is 0 Å². The zero-order chi connectivity index (χ0) is 16.2. The summed E-state index contributed by atoms with van der Waals surface area (Å²) in [5.41, 5.74) is 5.61. The zero-order valence-electron chi connectivity index (χ0n) is 13.7. The van der Waals surface area contributed by atoms with Gasteiger partial charge in [-0.1, -0.05) is 35.0 Å². The van der Waals surface area contributed by atoms with E-state index in [1.165, 1.54) is 16.8 Å². The number of piperazine rings is 1. The van der Waals surface area contributed by atoms with Gasteiger partial charge in [-0.05, 0) is 43.2 Å². The van der Waals surface area contributed by atoms with Crippen molar-refractivity contribution in [3.05, 3.63) is 53.6 Å². The van der Waals surface area contributed by atoms with E-state index in [1.807, 2.05) is 29.3 Å². The van der Waals surface area contributed by atoms with Gasteiger partial charge < -0.3 is 4.90 Å². The minimum atomic E-state index is 0.742. The molecule has 0 saturated carbocycles. The van der Waals surface area contributed by atoms with E-state index in [1.54, 1.807) is 0 Å². The van der Waals surface area contributed by atoms with E-state index in [9.17, 15) is 0 Å². The van der Waals surface area contributed by atoms with E-state index in [-0.39, 0.29) is 0 Å². The van der Waals surface area contributed by atoms with Gasteiger partial charge in [0.25, 0.3) is 0 Å². The van der Waals surface area contributed by atoms with Gasteiger partial charge in [0.05, 0.1) is 18.8 Å². The van der Waals surface area contributed by atoms with E-state index in [0.29, 0.717) is 0 Å². The summed E-state index contributed by atoms with van der Waals surface area (Å²) in [5, 5.41) is 10.6. The molecule has 1 aliphatic rings. The van der Waals surface area contributed by atoms with Gasteiger partial charge in [-0.3, -0.25) is 5.01 Å². The molecule has 1 saturated heterocycles. The normalized spacial score (nSPS) is 15.4. The van der Waals surface area contributed by atoms with Crippen LogP contribution in [0.15, 0.2) is 52.8 Å². The smallest absolute Gasteiger partial charge is 0.113 e. The molecule has 0 unspecified atom stereocenters. The van der Waals surface area contributed by atoms with Crippen molar-refractivity contribution in [2.75, 3.05) is 31.1 Å². The molecule has 4 nitrogen and oxygen atoms in total. The van der Waals surface area contributed by atoms with Gasteiger partial charge >= 0.3 is 0 Å². The lowest BCUT2D eigenvalue weighted by Crippen LogP contribution is -2.44. The van der Waals surface area contributed by atoms with Crippen LogP contribution in [0.3, 0.4) is 0 Å². The Bertz CT molecular complexity index is 689. The molecule has 23 heavy (non-hydrogen) atoms. The molecule has 116 valence electrons. The number of anilines is 1. The number of rotatable bonds is 3. The second-order valence-corrected chi connectivity index (χ2v) is 5.94. The van der Waals surface area contributed by atoms with Crippen molar-refractivity contribution >= 4 is 24.7 Å². The SMILES string of the molecule is [B]c1ccc(N=NN2CCN(c3cccc(C)c3C)CC2)cc1. The van der Waals surface area contributed by atoms with E-state index in [4.69, 9.17) is 7.85 Å². The van der Waals surface area contributed by atoms with Gasteiger partial charge in [-0.15, -0.1) is 5.11 Å². The average Bonchev–Trinajstić information content (AvgIpc) is 2.57. The number of aryl methyl sites for hydroxylation is 1. The molecule has 0 N–H and O–H groups in total. The summed E-state index contributed by atoms with van der Waals surface area (Å²) >= 11 is 0. The average molecular weight is 304 g/mol. The minimum absolute atomic E-state index is 0.742. The van der Waals surface area contributed by atoms with Crippen LogP contribution in [0.2, 0.25) is 0 Å². The van der Waals surface area contributed by atoms with Crippen molar-refractivity contribution in [2.24, 2.45) is 10.3 Å². The van der Waals surface area contributed by atoms with Gasteiger partial charge in [0.15, 0.2) is 0 Å². The van der Waals surface area contributed by atoms with Crippen molar-refractivity contribution in [3.8, 4) is 0 Å². The summed E-state index contributed by atoms with van der Waals surface area (Å²) in [4.78, 5) is 2.43. The van der Waals surface area contributed by atoms with Crippen molar-refractivity contribution in [1.29, 1.82) is 0 Å². The first-order chi connectivity index (χ1) is 11.1. The molecule has 5 heteroatoms. The van der Waals surface area contributed by atoms with Gasteiger partial charge in [0, 0.05) is 18.8 Å². The minimum Gasteiger partial charge on any atom is -0.368 e. The van der Waals surface area contributed by atoms with Crippen LogP contribution in [0.4, 0.5) is 11.4 Å². The molecule has 0 bridgehead atoms. The lowest BCUT2D eigenvalue weighted by Gasteiger charge is -2.35. The summed E-state index contributed by atoms with van der Waals surface area (Å²) in [6, 6.07) is 13.9. The predicted molar refractivity (Wildman–Crippen MR) is 96.0 cm³/mol. The maximum absolute atomic E-state index is 5.67. The molecule has 1 heterocycles. The largest absolute Gasteiger partial charge is 0.368 e. The van der Waals surface area contributed by atoms with E-state index < -0.39 is 0 Å². The first-order valence-electron chi connectivity index (χ1n) is 7.97. The third kappa shape index (κ3) is 3.73. The molecule has 0 aliphatic carbocycles. The second kappa shape index (κ2) is 6.86. The van der Waals surface area contributed by atoms with Gasteiger partial charge in [-0.2, -0.15) is 0 Å². The van der Waals surface area contributed by atoms with Gasteiger partial charge in [-0.25, -0.2) is 0 Å². The number of hydrogen-bond donors (Lipinski definition) is 0. The van der Waals surface area contributed by atoms with Crippen molar-refractivity contribution in [3.63, 3.8) is 0 Å². The Morgan fingerprint density at radius 1 is 0.913 bits per heavy atom. The molecular formula is C18H21BN4. The van der Waals surface area contributed by atoms with Crippen molar-refractivity contribution in [1.82, 2.24) is 5.01 Å². The quantitative estimate of drug-likeness (QED) is 0.645. The fourth-order valence-electron chi connectivity index (χ4n) is 2.76. The Morgan fingerprint density at radius 2 is 1.61 bits per heavy atom. The van der Waals surface area contributed by atoms with E-state index >= 15 is 0 Å². The fraction of sp³-hybridized carbons (Fsp3) is 0.333. The molecule has 3 rings (SSSR count). The van der Waals surface area contributed by atoms with Crippen molar-refractivity contribution < 1.29 is 0 Å². The fourth-order valence-corrected chi connectivity index (χ4v) is 2.76. The van der Waals surface area contributed by atoms with Crippen LogP contribution in [-0.4, -0.2) is 39.0 Å². The van der Waals surface area contributed by atoms with E-state index in [0.717, 1.165) is 37.3 Å². The van der Waals surface area contributed by atoms with Crippen LogP contribution in [0, 0.1) is 13.8 Å². The Balaban J connectivity index is 1.60. The maximum Gasteiger partial charge on any atom is 0.113 e. The highest BCUT2D eigenvalue weighted by molar-refractivity contribution is 6.32. The highest BCUT2D eigenvalue weighted by Crippen LogP contribution is 2.24. The van der Waals surface area contributed by atoms with Gasteiger partial charge in [0.1, 0.15) is 7.85 Å². The summed E-state index contributed by atoms with van der Waals surface area (Å²) < 4.78 is 0. The number of nitrogens with zero attached hydrogens (tertiary/aromatic N) is 4. The highest BCUT2D eigenvalue weighted by Gasteiger charge is 2.17. The molecule has 1 fully saturated rings. The Kier molecular flexibility index (Phi) is 4.65. The van der Waals surface area contributed by atoms with Crippen molar-refractivity contribution in [2.45, 2.75) is 13.8 Å². The van der Waals surface area contributed by atoms with Crippen LogP contribution >= 0.6 is 0 Å². The monoisotopic (exact) mass is 304 g/mol. The summed E-state index contributed by atoms with van der Waals surface area (Å²) in [6.07, 6.45) is 0. The Hall–Kier alpha value is -2.30. The summed E-state index contributed by atoms with van der Waals surface area (Å²) in [7, 11) is 5.67. The third-order valence-corrected chi connectivity index (χ3v) is 4.35. The zero-order valence-corrected chi connectivity index (χ0v) is 13.7. The third-order valence-electron chi connectivity index (χ3n) is 4.35. The molecule has 0 atom stereocenters. The topological polar surface area (TPSA) is 31.2 Å². The van der Waals surface area contributed by atoms with Crippen LogP contribution in [0.25, 0.3) is 0 Å². The molecule has 0 aromatic heterocycles. The molecule has 0 amide bonds. The first-order valence-corrected chi connectivity index (χ1v) is 7.97. The van der Waals surface area contributed by atoms with Gasteiger partial charge in [0.2, 0.25) is 0 Å². The Labute approximate surface area is 139 Å². The second-order valence-electron chi connectivity index (χ2n) is 5.94. The number of hydrogen-bond acceptors (Lipinski definition) is 3. The summed E-state index contributed by atoms with van der Waals surface area (Å²) in [6.45, 7) is 8.04. The molecule has 2 aromatic rings. The first kappa shape index (κ1) is 15.6.